The number of primary amides is 1. The number of piperidine rings is 2. The number of nitrogens with zero attached hydrogens (tertiary/aromatic N) is 4. The van der Waals surface area contributed by atoms with Crippen LogP contribution in [0, 0.1) is 11.8 Å². The molecule has 0 radical (unpaired) electrons. The Balaban J connectivity index is 1.54. The lowest BCUT2D eigenvalue weighted by atomic mass is 9.93. The minimum absolute atomic E-state index is 0.0155. The van der Waals surface area contributed by atoms with Crippen LogP contribution in [0.3, 0.4) is 0 Å². The standard InChI is InChI=1S/C17H27N5O/c1-21-8-2-3-13(12-21)11-15-4-5-16(20-19-15)22-9-6-14(7-10-22)17(18)23/h4-5,13-14H,2-3,6-12H2,1H3,(H2,18,23). The number of amides is 1. The fourth-order valence-corrected chi connectivity index (χ4v) is 3.76. The molecule has 1 atom stereocenters. The number of hydrogen-bond donors (Lipinski definition) is 1. The van der Waals surface area contributed by atoms with Crippen molar-refractivity contribution in [3.8, 4) is 0 Å². The monoisotopic (exact) mass is 317 g/mol. The third kappa shape index (κ3) is 4.19. The van der Waals surface area contributed by atoms with Gasteiger partial charge in [-0.3, -0.25) is 4.79 Å². The highest BCUT2D eigenvalue weighted by Crippen LogP contribution is 2.22. The summed E-state index contributed by atoms with van der Waals surface area (Å²) in [5, 5.41) is 8.83. The van der Waals surface area contributed by atoms with Crippen LogP contribution in [0.5, 0.6) is 0 Å². The first-order valence-corrected chi connectivity index (χ1v) is 8.67. The Labute approximate surface area is 138 Å². The normalized spacial score (nSPS) is 23.9. The highest BCUT2D eigenvalue weighted by molar-refractivity contribution is 5.76. The molecule has 6 heteroatoms. The molecule has 3 rings (SSSR count). The minimum atomic E-state index is -0.177. The molecular formula is C17H27N5O. The first kappa shape index (κ1) is 16.2. The first-order valence-electron chi connectivity index (χ1n) is 8.67. The highest BCUT2D eigenvalue weighted by Gasteiger charge is 2.24. The second-order valence-corrected chi connectivity index (χ2v) is 7.02. The van der Waals surface area contributed by atoms with Crippen LogP contribution in [0.25, 0.3) is 0 Å². The van der Waals surface area contributed by atoms with Crippen molar-refractivity contribution >= 4 is 11.7 Å². The van der Waals surface area contributed by atoms with Gasteiger partial charge < -0.3 is 15.5 Å². The number of anilines is 1. The summed E-state index contributed by atoms with van der Waals surface area (Å²) in [6.45, 7) is 4.02. The largest absolute Gasteiger partial charge is 0.369 e. The molecule has 6 nitrogen and oxygen atoms in total. The Morgan fingerprint density at radius 3 is 2.61 bits per heavy atom. The summed E-state index contributed by atoms with van der Waals surface area (Å²) in [7, 11) is 2.19. The fraction of sp³-hybridized carbons (Fsp3) is 0.706. The SMILES string of the molecule is CN1CCCC(Cc2ccc(N3CCC(C(N)=O)CC3)nn2)C1. The van der Waals surface area contributed by atoms with Gasteiger partial charge in [0, 0.05) is 25.6 Å². The van der Waals surface area contributed by atoms with Crippen LogP contribution in [0.2, 0.25) is 0 Å². The van der Waals surface area contributed by atoms with E-state index in [1.54, 1.807) is 0 Å². The zero-order valence-electron chi connectivity index (χ0n) is 13.9. The third-order valence-corrected chi connectivity index (χ3v) is 5.15. The lowest BCUT2D eigenvalue weighted by Gasteiger charge is -2.31. The molecule has 1 amide bonds. The molecule has 2 N–H and O–H groups in total. The number of carbonyl (C=O) groups excluding carboxylic acids is 1. The molecule has 3 heterocycles. The summed E-state index contributed by atoms with van der Waals surface area (Å²) in [4.78, 5) is 15.8. The Kier molecular flexibility index (Phi) is 5.10. The molecule has 0 aliphatic carbocycles. The zero-order chi connectivity index (χ0) is 16.2. The van der Waals surface area contributed by atoms with Gasteiger partial charge in [-0.2, -0.15) is 5.10 Å². The average Bonchev–Trinajstić information content (AvgIpc) is 2.56. The van der Waals surface area contributed by atoms with Crippen LogP contribution >= 0.6 is 0 Å². The fourth-order valence-electron chi connectivity index (χ4n) is 3.76. The topological polar surface area (TPSA) is 75.3 Å². The van der Waals surface area contributed by atoms with E-state index in [2.05, 4.69) is 39.2 Å². The number of aromatic nitrogens is 2. The van der Waals surface area contributed by atoms with Gasteiger partial charge in [-0.1, -0.05) is 0 Å². The maximum Gasteiger partial charge on any atom is 0.220 e. The molecule has 0 bridgehead atoms. The molecule has 1 aromatic rings. The summed E-state index contributed by atoms with van der Waals surface area (Å²) < 4.78 is 0. The van der Waals surface area contributed by atoms with E-state index in [0.717, 1.165) is 50.4 Å². The Bertz CT molecular complexity index is 524. The second-order valence-electron chi connectivity index (χ2n) is 7.02. The molecule has 126 valence electrons. The summed E-state index contributed by atoms with van der Waals surface area (Å²) >= 11 is 0. The molecule has 1 unspecified atom stereocenters. The molecule has 0 saturated carbocycles. The predicted molar refractivity (Wildman–Crippen MR) is 90.1 cm³/mol. The molecule has 2 aliphatic rings. The Hall–Kier alpha value is -1.69. The van der Waals surface area contributed by atoms with Crippen molar-refractivity contribution < 1.29 is 4.79 Å². The Morgan fingerprint density at radius 1 is 1.22 bits per heavy atom. The highest BCUT2D eigenvalue weighted by atomic mass is 16.1. The average molecular weight is 317 g/mol. The van der Waals surface area contributed by atoms with Crippen LogP contribution in [0.4, 0.5) is 5.82 Å². The van der Waals surface area contributed by atoms with Gasteiger partial charge in [0.15, 0.2) is 5.82 Å². The lowest BCUT2D eigenvalue weighted by Crippen LogP contribution is -2.39. The van der Waals surface area contributed by atoms with Gasteiger partial charge in [-0.15, -0.1) is 5.10 Å². The van der Waals surface area contributed by atoms with Gasteiger partial charge in [0.25, 0.3) is 0 Å². The molecule has 0 aromatic carbocycles. The van der Waals surface area contributed by atoms with Crippen molar-refractivity contribution in [1.82, 2.24) is 15.1 Å². The second kappa shape index (κ2) is 7.25. The third-order valence-electron chi connectivity index (χ3n) is 5.15. The maximum atomic E-state index is 11.2. The summed E-state index contributed by atoms with van der Waals surface area (Å²) in [5.41, 5.74) is 6.47. The van der Waals surface area contributed by atoms with Gasteiger partial charge in [0.2, 0.25) is 5.91 Å². The van der Waals surface area contributed by atoms with Crippen LogP contribution in [0.15, 0.2) is 12.1 Å². The molecule has 2 fully saturated rings. The number of hydrogen-bond acceptors (Lipinski definition) is 5. The van der Waals surface area contributed by atoms with Gasteiger partial charge in [-0.05, 0) is 63.7 Å². The molecule has 1 aromatic heterocycles. The number of rotatable bonds is 4. The number of likely N-dealkylation sites (tertiary alicyclic amines) is 1. The van der Waals surface area contributed by atoms with E-state index >= 15 is 0 Å². The van der Waals surface area contributed by atoms with Crippen molar-refractivity contribution in [2.75, 3.05) is 38.1 Å². The van der Waals surface area contributed by atoms with Gasteiger partial charge in [-0.25, -0.2) is 0 Å². The Morgan fingerprint density at radius 2 is 2.00 bits per heavy atom. The lowest BCUT2D eigenvalue weighted by molar-refractivity contribution is -0.122. The van der Waals surface area contributed by atoms with Crippen LogP contribution in [0.1, 0.15) is 31.4 Å². The number of carbonyl (C=O) groups is 1. The van der Waals surface area contributed by atoms with E-state index in [1.807, 2.05) is 0 Å². The van der Waals surface area contributed by atoms with E-state index < -0.39 is 0 Å². The molecule has 23 heavy (non-hydrogen) atoms. The van der Waals surface area contributed by atoms with Crippen molar-refractivity contribution in [3.05, 3.63) is 17.8 Å². The quantitative estimate of drug-likeness (QED) is 0.899. The van der Waals surface area contributed by atoms with Crippen LogP contribution in [-0.4, -0.2) is 54.2 Å². The van der Waals surface area contributed by atoms with Crippen LogP contribution in [-0.2, 0) is 11.2 Å². The molecule has 0 spiro atoms. The smallest absolute Gasteiger partial charge is 0.220 e. The zero-order valence-corrected chi connectivity index (χ0v) is 13.9. The van der Waals surface area contributed by atoms with E-state index in [0.29, 0.717) is 5.92 Å². The number of nitrogens with two attached hydrogens (primary N) is 1. The molecule has 2 aliphatic heterocycles. The maximum absolute atomic E-state index is 11.2. The van der Waals surface area contributed by atoms with Gasteiger partial charge in [0.1, 0.15) is 0 Å². The minimum Gasteiger partial charge on any atom is -0.369 e. The van der Waals surface area contributed by atoms with E-state index in [-0.39, 0.29) is 11.8 Å². The first-order chi connectivity index (χ1) is 11.1. The van der Waals surface area contributed by atoms with Crippen molar-refractivity contribution in [2.45, 2.75) is 32.1 Å². The van der Waals surface area contributed by atoms with Crippen molar-refractivity contribution in [2.24, 2.45) is 17.6 Å². The predicted octanol–water partition coefficient (Wildman–Crippen LogP) is 1.06. The summed E-state index contributed by atoms with van der Waals surface area (Å²) in [6.07, 6.45) is 5.21. The van der Waals surface area contributed by atoms with Crippen molar-refractivity contribution in [1.29, 1.82) is 0 Å². The van der Waals surface area contributed by atoms with E-state index in [4.69, 9.17) is 5.73 Å². The molecular weight excluding hydrogens is 290 g/mol. The van der Waals surface area contributed by atoms with Gasteiger partial charge in [0.05, 0.1) is 5.69 Å². The summed E-state index contributed by atoms with van der Waals surface area (Å²) in [5.74, 6) is 1.45. The molecule has 2 saturated heterocycles. The van der Waals surface area contributed by atoms with E-state index in [9.17, 15) is 4.79 Å². The van der Waals surface area contributed by atoms with E-state index in [1.165, 1.54) is 19.4 Å². The van der Waals surface area contributed by atoms with Gasteiger partial charge >= 0.3 is 0 Å². The summed E-state index contributed by atoms with van der Waals surface area (Å²) in [6, 6.07) is 4.18. The van der Waals surface area contributed by atoms with Crippen LogP contribution < -0.4 is 10.6 Å². The van der Waals surface area contributed by atoms with Crippen molar-refractivity contribution in [3.63, 3.8) is 0 Å².